The number of fused-ring (bicyclic) bond motifs is 1. The van der Waals surface area contributed by atoms with Crippen molar-refractivity contribution in [3.8, 4) is 0 Å². The monoisotopic (exact) mass is 544 g/mol. The number of amides is 4. The Morgan fingerprint density at radius 2 is 1.64 bits per heavy atom. The lowest BCUT2D eigenvalue weighted by Crippen LogP contribution is -2.62. The molecule has 2 saturated heterocycles. The van der Waals surface area contributed by atoms with E-state index >= 15 is 0 Å². The maximum atomic E-state index is 13.7. The molecule has 10 heteroatoms. The van der Waals surface area contributed by atoms with Gasteiger partial charge in [-0.15, -0.1) is 0 Å². The molecule has 0 aliphatic carbocycles. The van der Waals surface area contributed by atoms with E-state index in [4.69, 9.17) is 5.11 Å². The Bertz CT molecular complexity index is 974. The number of carbonyl (C=O) groups excluding carboxylic acids is 4. The number of benzene rings is 1. The molecule has 0 aromatic heterocycles. The normalized spacial score (nSPS) is 26.0. The highest BCUT2D eigenvalue weighted by molar-refractivity contribution is 5.98. The first-order chi connectivity index (χ1) is 18.7. The number of hydrogen-bond donors (Lipinski definition) is 5. The zero-order chi connectivity index (χ0) is 28.4. The Morgan fingerprint density at radius 3 is 2.33 bits per heavy atom. The molecule has 2 aliphatic heterocycles. The summed E-state index contributed by atoms with van der Waals surface area (Å²) in [6.07, 6.45) is 3.69. The van der Waals surface area contributed by atoms with Crippen molar-refractivity contribution in [2.45, 2.75) is 102 Å². The first-order valence-electron chi connectivity index (χ1n) is 14.3. The van der Waals surface area contributed by atoms with E-state index < -0.39 is 42.1 Å². The number of unbranched alkanes of at least 4 members (excludes halogenated alkanes) is 1. The van der Waals surface area contributed by atoms with E-state index in [0.717, 1.165) is 5.56 Å². The quantitative estimate of drug-likeness (QED) is 0.263. The molecule has 3 rings (SSSR count). The molecule has 39 heavy (non-hydrogen) atoms. The summed E-state index contributed by atoms with van der Waals surface area (Å²) in [6.45, 7) is 4.18. The first-order valence-corrected chi connectivity index (χ1v) is 14.3. The van der Waals surface area contributed by atoms with Crippen LogP contribution in [0.5, 0.6) is 0 Å². The average Bonchev–Trinajstić information content (AvgIpc) is 3.42. The standard InChI is InChI=1S/C29H44N4O6/c1-3-19(2)25-29(39)33-16-9-14-24(33)28(38)30-22(13-8-7-12-21(35)15-17-34)26(36)31-23(27(37)32-25)18-20-10-5-4-6-11-20/h4-6,10-11,19,21-25,34-35H,3,7-9,12-18H2,1-2H3,(H,30,38)(H,31,36)(H,32,37)/t19-,21?,22-,23+,24-,25-/m0/s1. The lowest BCUT2D eigenvalue weighted by molar-refractivity contribution is -0.144. The fourth-order valence-electron chi connectivity index (χ4n) is 5.31. The minimum atomic E-state index is -0.932. The van der Waals surface area contributed by atoms with E-state index in [-0.39, 0.29) is 30.8 Å². The van der Waals surface area contributed by atoms with Crippen molar-refractivity contribution in [3.63, 3.8) is 0 Å². The molecule has 216 valence electrons. The Hall–Kier alpha value is -2.98. The topological polar surface area (TPSA) is 148 Å². The molecule has 10 nitrogen and oxygen atoms in total. The van der Waals surface area contributed by atoms with Gasteiger partial charge in [0.25, 0.3) is 0 Å². The van der Waals surface area contributed by atoms with Crippen LogP contribution in [0.2, 0.25) is 0 Å². The van der Waals surface area contributed by atoms with Gasteiger partial charge in [0, 0.05) is 19.6 Å². The van der Waals surface area contributed by atoms with Crippen molar-refractivity contribution in [1.82, 2.24) is 20.9 Å². The SMILES string of the molecule is CC[C@H](C)[C@@H]1NC(=O)[C@@H](Cc2ccccc2)NC(=O)[C@H](CCCCC(O)CCO)NC(=O)[C@@H]2CCCN2C1=O. The van der Waals surface area contributed by atoms with E-state index in [0.29, 0.717) is 57.9 Å². The molecule has 4 amide bonds. The molecule has 1 aromatic rings. The molecule has 2 fully saturated rings. The predicted molar refractivity (Wildman–Crippen MR) is 146 cm³/mol. The first kappa shape index (κ1) is 30.6. The summed E-state index contributed by atoms with van der Waals surface area (Å²) in [6, 6.07) is 6.02. The van der Waals surface area contributed by atoms with Gasteiger partial charge in [0.1, 0.15) is 24.2 Å². The third-order valence-electron chi connectivity index (χ3n) is 7.91. The van der Waals surface area contributed by atoms with E-state index in [2.05, 4.69) is 16.0 Å². The zero-order valence-corrected chi connectivity index (χ0v) is 23.1. The molecule has 2 aliphatic rings. The van der Waals surface area contributed by atoms with Gasteiger partial charge in [-0.3, -0.25) is 19.2 Å². The summed E-state index contributed by atoms with van der Waals surface area (Å²) >= 11 is 0. The smallest absolute Gasteiger partial charge is 0.246 e. The van der Waals surface area contributed by atoms with E-state index in [1.54, 1.807) is 4.90 Å². The molecule has 5 N–H and O–H groups in total. The molecular weight excluding hydrogens is 500 g/mol. The molecule has 2 heterocycles. The zero-order valence-electron chi connectivity index (χ0n) is 23.1. The lowest BCUT2D eigenvalue weighted by atomic mass is 9.95. The second-order valence-electron chi connectivity index (χ2n) is 10.8. The van der Waals surface area contributed by atoms with Crippen molar-refractivity contribution in [2.24, 2.45) is 5.92 Å². The summed E-state index contributed by atoms with van der Waals surface area (Å²) < 4.78 is 0. The van der Waals surface area contributed by atoms with Gasteiger partial charge in [-0.05, 0) is 43.6 Å². The van der Waals surface area contributed by atoms with Crippen LogP contribution in [0, 0.1) is 5.92 Å². The number of aliphatic hydroxyl groups is 2. The largest absolute Gasteiger partial charge is 0.396 e. The van der Waals surface area contributed by atoms with Gasteiger partial charge < -0.3 is 31.1 Å². The molecule has 0 bridgehead atoms. The molecule has 0 spiro atoms. The van der Waals surface area contributed by atoms with Crippen LogP contribution in [-0.2, 0) is 25.6 Å². The van der Waals surface area contributed by atoms with Gasteiger partial charge in [0.15, 0.2) is 0 Å². The van der Waals surface area contributed by atoms with E-state index in [1.165, 1.54) is 0 Å². The van der Waals surface area contributed by atoms with Crippen LogP contribution in [0.3, 0.4) is 0 Å². The average molecular weight is 545 g/mol. The Kier molecular flexibility index (Phi) is 11.7. The van der Waals surface area contributed by atoms with Crippen molar-refractivity contribution in [2.75, 3.05) is 13.2 Å². The molecule has 6 atom stereocenters. The summed E-state index contributed by atoms with van der Waals surface area (Å²) in [5, 5.41) is 27.5. The molecule has 1 aromatic carbocycles. The summed E-state index contributed by atoms with van der Waals surface area (Å²) in [7, 11) is 0. The molecule has 0 radical (unpaired) electrons. The summed E-state index contributed by atoms with van der Waals surface area (Å²) in [5.74, 6) is -1.67. The van der Waals surface area contributed by atoms with Crippen molar-refractivity contribution in [3.05, 3.63) is 35.9 Å². The van der Waals surface area contributed by atoms with Gasteiger partial charge in [-0.2, -0.15) is 0 Å². The highest BCUT2D eigenvalue weighted by Crippen LogP contribution is 2.23. The number of aliphatic hydroxyl groups excluding tert-OH is 2. The van der Waals surface area contributed by atoms with E-state index in [9.17, 15) is 24.3 Å². The Balaban J connectivity index is 1.87. The van der Waals surface area contributed by atoms with Gasteiger partial charge in [0.05, 0.1) is 6.10 Å². The molecule has 1 unspecified atom stereocenters. The maximum Gasteiger partial charge on any atom is 0.246 e. The van der Waals surface area contributed by atoms with Crippen molar-refractivity contribution in [1.29, 1.82) is 0 Å². The Morgan fingerprint density at radius 1 is 0.949 bits per heavy atom. The predicted octanol–water partition coefficient (Wildman–Crippen LogP) is 1.04. The van der Waals surface area contributed by atoms with Gasteiger partial charge in [-0.25, -0.2) is 0 Å². The number of nitrogens with one attached hydrogen (secondary N) is 3. The second-order valence-corrected chi connectivity index (χ2v) is 10.8. The van der Waals surface area contributed by atoms with Gasteiger partial charge >= 0.3 is 0 Å². The highest BCUT2D eigenvalue weighted by Gasteiger charge is 2.41. The number of hydrogen-bond acceptors (Lipinski definition) is 6. The number of rotatable bonds is 11. The van der Waals surface area contributed by atoms with E-state index in [1.807, 2.05) is 44.2 Å². The van der Waals surface area contributed by atoms with Crippen LogP contribution >= 0.6 is 0 Å². The summed E-state index contributed by atoms with van der Waals surface area (Å²) in [4.78, 5) is 55.7. The van der Waals surface area contributed by atoms with Crippen LogP contribution in [0.4, 0.5) is 0 Å². The third-order valence-corrected chi connectivity index (χ3v) is 7.91. The van der Waals surface area contributed by atoms with Crippen LogP contribution < -0.4 is 16.0 Å². The minimum absolute atomic E-state index is 0.0956. The third kappa shape index (κ3) is 8.50. The van der Waals surface area contributed by atoms with Gasteiger partial charge in [-0.1, -0.05) is 63.4 Å². The van der Waals surface area contributed by atoms with Crippen LogP contribution in [0.15, 0.2) is 30.3 Å². The van der Waals surface area contributed by atoms with Crippen LogP contribution in [-0.4, -0.2) is 82.2 Å². The second kappa shape index (κ2) is 15.0. The molecular formula is C29H44N4O6. The minimum Gasteiger partial charge on any atom is -0.396 e. The maximum absolute atomic E-state index is 13.7. The number of carbonyl (C=O) groups is 4. The highest BCUT2D eigenvalue weighted by atomic mass is 16.3. The van der Waals surface area contributed by atoms with Gasteiger partial charge in [0.2, 0.25) is 23.6 Å². The molecule has 0 saturated carbocycles. The fourth-order valence-corrected chi connectivity index (χ4v) is 5.31. The summed E-state index contributed by atoms with van der Waals surface area (Å²) in [5.41, 5.74) is 0.856. The van der Waals surface area contributed by atoms with Crippen LogP contribution in [0.1, 0.15) is 70.8 Å². The fraction of sp³-hybridized carbons (Fsp3) is 0.655. The van der Waals surface area contributed by atoms with Crippen molar-refractivity contribution < 1.29 is 29.4 Å². The Labute approximate surface area is 230 Å². The van der Waals surface area contributed by atoms with Crippen LogP contribution in [0.25, 0.3) is 0 Å². The lowest BCUT2D eigenvalue weighted by Gasteiger charge is -2.34. The number of nitrogens with zero attached hydrogens (tertiary/aromatic N) is 1. The van der Waals surface area contributed by atoms with Crippen molar-refractivity contribution >= 4 is 23.6 Å².